The number of carboxylic acid groups (broad SMARTS) is 1. The van der Waals surface area contributed by atoms with Gasteiger partial charge in [-0.15, -0.1) is 0 Å². The van der Waals surface area contributed by atoms with Crippen LogP contribution in [0.2, 0.25) is 0 Å². The molecule has 92 valence electrons. The molecule has 0 saturated heterocycles. The minimum absolute atomic E-state index is 0.0502. The largest absolute Gasteiger partial charge is 0.494 e. The van der Waals surface area contributed by atoms with Crippen molar-refractivity contribution in [2.45, 2.75) is 0 Å². The quantitative estimate of drug-likeness (QED) is 0.905. The predicted molar refractivity (Wildman–Crippen MR) is 63.1 cm³/mol. The highest BCUT2D eigenvalue weighted by atomic mass is 19.1. The Balaban J connectivity index is 2.57. The van der Waals surface area contributed by atoms with Gasteiger partial charge in [0.2, 0.25) is 0 Å². The Bertz CT molecular complexity index is 599. The van der Waals surface area contributed by atoms with Gasteiger partial charge in [-0.25, -0.2) is 9.18 Å². The Hall–Kier alpha value is -2.43. The molecule has 2 rings (SSSR count). The van der Waals surface area contributed by atoms with E-state index in [-0.39, 0.29) is 22.6 Å². The molecule has 1 aromatic carbocycles. The van der Waals surface area contributed by atoms with Crippen LogP contribution in [0.3, 0.4) is 0 Å². The molecular formula is C13H10FNO3. The Morgan fingerprint density at radius 3 is 2.72 bits per heavy atom. The number of methoxy groups -OCH3 is 1. The molecule has 0 aliphatic carbocycles. The third kappa shape index (κ3) is 2.15. The average Bonchev–Trinajstić information content (AvgIpc) is 2.38. The number of nitrogens with zero attached hydrogens (tertiary/aromatic N) is 1. The molecule has 0 amide bonds. The summed E-state index contributed by atoms with van der Waals surface area (Å²) in [7, 11) is 1.35. The van der Waals surface area contributed by atoms with Crippen molar-refractivity contribution in [1.29, 1.82) is 0 Å². The maximum absolute atomic E-state index is 13.6. The third-order valence-corrected chi connectivity index (χ3v) is 2.47. The third-order valence-electron chi connectivity index (χ3n) is 2.47. The van der Waals surface area contributed by atoms with Gasteiger partial charge < -0.3 is 9.84 Å². The standard InChI is InChI=1S/C13H10FNO3/c1-18-12-7-15-11(6-9(12)13(16)17)8-4-2-3-5-10(8)14/h2-7H,1H3,(H,16,17). The Morgan fingerprint density at radius 2 is 2.11 bits per heavy atom. The molecule has 4 nitrogen and oxygen atoms in total. The van der Waals surface area contributed by atoms with Crippen molar-refractivity contribution in [2.24, 2.45) is 0 Å². The van der Waals surface area contributed by atoms with Crippen molar-refractivity contribution >= 4 is 5.97 Å². The van der Waals surface area contributed by atoms with Gasteiger partial charge in [-0.05, 0) is 18.2 Å². The SMILES string of the molecule is COc1cnc(-c2ccccc2F)cc1C(=O)O. The zero-order valence-corrected chi connectivity index (χ0v) is 9.55. The van der Waals surface area contributed by atoms with Crippen LogP contribution in [0.15, 0.2) is 36.5 Å². The molecule has 1 N–H and O–H groups in total. The van der Waals surface area contributed by atoms with Crippen molar-refractivity contribution in [3.05, 3.63) is 47.9 Å². The molecule has 0 saturated carbocycles. The van der Waals surface area contributed by atoms with E-state index in [1.165, 1.54) is 31.5 Å². The summed E-state index contributed by atoms with van der Waals surface area (Å²) < 4.78 is 18.5. The summed E-state index contributed by atoms with van der Waals surface area (Å²) in [6, 6.07) is 7.34. The van der Waals surface area contributed by atoms with Crippen molar-refractivity contribution in [1.82, 2.24) is 4.98 Å². The number of rotatable bonds is 3. The first-order valence-electron chi connectivity index (χ1n) is 5.15. The van der Waals surface area contributed by atoms with Crippen LogP contribution in [0.1, 0.15) is 10.4 Å². The predicted octanol–water partition coefficient (Wildman–Crippen LogP) is 2.59. The van der Waals surface area contributed by atoms with Gasteiger partial charge in [0.25, 0.3) is 0 Å². The maximum atomic E-state index is 13.6. The van der Waals surface area contributed by atoms with Crippen LogP contribution in [-0.4, -0.2) is 23.2 Å². The number of benzene rings is 1. The lowest BCUT2D eigenvalue weighted by molar-refractivity contribution is 0.0693. The minimum atomic E-state index is -1.15. The Kier molecular flexibility index (Phi) is 3.23. The fourth-order valence-corrected chi connectivity index (χ4v) is 1.59. The smallest absolute Gasteiger partial charge is 0.339 e. The van der Waals surface area contributed by atoms with Gasteiger partial charge >= 0.3 is 5.97 Å². The summed E-state index contributed by atoms with van der Waals surface area (Å²) in [5.41, 5.74) is 0.458. The van der Waals surface area contributed by atoms with Crippen LogP contribution < -0.4 is 4.74 Å². The van der Waals surface area contributed by atoms with Crippen LogP contribution in [0.5, 0.6) is 5.75 Å². The second kappa shape index (κ2) is 4.83. The monoisotopic (exact) mass is 247 g/mol. The first-order valence-corrected chi connectivity index (χ1v) is 5.15. The molecule has 0 aliphatic heterocycles. The summed E-state index contributed by atoms with van der Waals surface area (Å²) in [5.74, 6) is -1.46. The number of ether oxygens (including phenoxy) is 1. The molecule has 0 bridgehead atoms. The van der Waals surface area contributed by atoms with E-state index in [2.05, 4.69) is 4.98 Å². The number of aromatic carboxylic acids is 1. The highest BCUT2D eigenvalue weighted by Gasteiger charge is 2.14. The van der Waals surface area contributed by atoms with E-state index in [4.69, 9.17) is 9.84 Å². The van der Waals surface area contributed by atoms with Crippen LogP contribution in [0, 0.1) is 5.82 Å². The molecule has 1 aromatic heterocycles. The fraction of sp³-hybridized carbons (Fsp3) is 0.0769. The number of hydrogen-bond donors (Lipinski definition) is 1. The lowest BCUT2D eigenvalue weighted by Crippen LogP contribution is -2.02. The number of carbonyl (C=O) groups is 1. The van der Waals surface area contributed by atoms with E-state index < -0.39 is 11.8 Å². The number of halogens is 1. The zero-order chi connectivity index (χ0) is 13.1. The first-order chi connectivity index (χ1) is 8.63. The van der Waals surface area contributed by atoms with E-state index >= 15 is 0 Å². The molecule has 2 aromatic rings. The molecule has 0 fully saturated rings. The van der Waals surface area contributed by atoms with Gasteiger partial charge in [-0.2, -0.15) is 0 Å². The molecular weight excluding hydrogens is 237 g/mol. The zero-order valence-electron chi connectivity index (χ0n) is 9.55. The molecule has 0 unspecified atom stereocenters. The summed E-state index contributed by atoms with van der Waals surface area (Å²) in [6.07, 6.45) is 1.27. The van der Waals surface area contributed by atoms with Crippen LogP contribution in [0.4, 0.5) is 4.39 Å². The fourth-order valence-electron chi connectivity index (χ4n) is 1.59. The van der Waals surface area contributed by atoms with E-state index in [1.807, 2.05) is 0 Å². The van der Waals surface area contributed by atoms with Gasteiger partial charge in [0.05, 0.1) is 19.0 Å². The number of aromatic nitrogens is 1. The molecule has 0 aliphatic rings. The van der Waals surface area contributed by atoms with Gasteiger partial charge in [0.1, 0.15) is 11.4 Å². The van der Waals surface area contributed by atoms with Crippen molar-refractivity contribution in [2.75, 3.05) is 7.11 Å². The molecule has 0 atom stereocenters. The summed E-state index contributed by atoms with van der Waals surface area (Å²) in [4.78, 5) is 15.0. The lowest BCUT2D eigenvalue weighted by atomic mass is 10.1. The molecule has 5 heteroatoms. The van der Waals surface area contributed by atoms with Crippen LogP contribution in [0.25, 0.3) is 11.3 Å². The van der Waals surface area contributed by atoms with Gasteiger partial charge in [0, 0.05) is 5.56 Å². The van der Waals surface area contributed by atoms with Crippen molar-refractivity contribution in [3.8, 4) is 17.0 Å². The summed E-state index contributed by atoms with van der Waals surface area (Å²) in [6.45, 7) is 0. The second-order valence-electron chi connectivity index (χ2n) is 3.55. The molecule has 0 spiro atoms. The Labute approximate surface area is 103 Å². The number of hydrogen-bond acceptors (Lipinski definition) is 3. The van der Waals surface area contributed by atoms with E-state index in [1.54, 1.807) is 12.1 Å². The topological polar surface area (TPSA) is 59.4 Å². The normalized spacial score (nSPS) is 10.1. The minimum Gasteiger partial charge on any atom is -0.494 e. The number of pyridine rings is 1. The first kappa shape index (κ1) is 12.0. The van der Waals surface area contributed by atoms with Crippen LogP contribution in [-0.2, 0) is 0 Å². The highest BCUT2D eigenvalue weighted by molar-refractivity contribution is 5.92. The van der Waals surface area contributed by atoms with Crippen LogP contribution >= 0.6 is 0 Å². The van der Waals surface area contributed by atoms with E-state index in [0.717, 1.165) is 0 Å². The highest BCUT2D eigenvalue weighted by Crippen LogP contribution is 2.25. The summed E-state index contributed by atoms with van der Waals surface area (Å²) in [5, 5.41) is 9.04. The van der Waals surface area contributed by atoms with E-state index in [0.29, 0.717) is 0 Å². The molecule has 1 heterocycles. The van der Waals surface area contributed by atoms with Gasteiger partial charge in [-0.3, -0.25) is 4.98 Å². The lowest BCUT2D eigenvalue weighted by Gasteiger charge is -2.07. The average molecular weight is 247 g/mol. The summed E-state index contributed by atoms with van der Waals surface area (Å²) >= 11 is 0. The maximum Gasteiger partial charge on any atom is 0.339 e. The van der Waals surface area contributed by atoms with Gasteiger partial charge in [-0.1, -0.05) is 12.1 Å². The second-order valence-corrected chi connectivity index (χ2v) is 3.55. The van der Waals surface area contributed by atoms with Gasteiger partial charge in [0.15, 0.2) is 5.75 Å². The number of carboxylic acids is 1. The van der Waals surface area contributed by atoms with E-state index in [9.17, 15) is 9.18 Å². The van der Waals surface area contributed by atoms with Crippen molar-refractivity contribution in [3.63, 3.8) is 0 Å². The van der Waals surface area contributed by atoms with Crippen molar-refractivity contribution < 1.29 is 19.0 Å². The Morgan fingerprint density at radius 1 is 1.39 bits per heavy atom. The molecule has 18 heavy (non-hydrogen) atoms. The molecule has 0 radical (unpaired) electrons.